The molecule has 1 aliphatic carbocycles. The molecule has 1 amide bonds. The van der Waals surface area contributed by atoms with Gasteiger partial charge in [-0.15, -0.1) is 11.3 Å². The first-order valence-corrected chi connectivity index (χ1v) is 12.4. The van der Waals surface area contributed by atoms with E-state index >= 15 is 0 Å². The van der Waals surface area contributed by atoms with Gasteiger partial charge >= 0.3 is 6.18 Å². The second-order valence-corrected chi connectivity index (χ2v) is 9.78. The van der Waals surface area contributed by atoms with Crippen LogP contribution in [0.4, 0.5) is 18.2 Å². The summed E-state index contributed by atoms with van der Waals surface area (Å²) in [6, 6.07) is 12.1. The Bertz CT molecular complexity index is 1670. The summed E-state index contributed by atoms with van der Waals surface area (Å²) in [6.45, 7) is 1.26. The lowest BCUT2D eigenvalue weighted by atomic mass is 10.1. The number of rotatable bonds is 6. The van der Waals surface area contributed by atoms with E-state index in [0.717, 1.165) is 41.3 Å². The molecule has 0 unspecified atom stereocenters. The Morgan fingerprint density at radius 1 is 1.18 bits per heavy atom. The summed E-state index contributed by atoms with van der Waals surface area (Å²) in [6.07, 6.45) is -2.38. The molecule has 5 rings (SSSR count). The van der Waals surface area contributed by atoms with E-state index in [4.69, 9.17) is 13.9 Å². The molecule has 0 saturated carbocycles. The number of carbonyl (C=O) groups excluding carboxylic acids is 1. The molecular formula is C27H19F3N2O5S. The maximum atomic E-state index is 13.8. The summed E-state index contributed by atoms with van der Waals surface area (Å²) in [4.78, 5) is 26.5. The van der Waals surface area contributed by atoms with Crippen LogP contribution in [0.3, 0.4) is 0 Å². The van der Waals surface area contributed by atoms with Gasteiger partial charge in [-0.2, -0.15) is 18.4 Å². The Morgan fingerprint density at radius 3 is 2.74 bits per heavy atom. The molecule has 0 saturated heterocycles. The molecule has 11 heteroatoms. The summed E-state index contributed by atoms with van der Waals surface area (Å²) in [5, 5.41) is 12.4. The number of nitrogens with zero attached hydrogens (tertiary/aromatic N) is 1. The number of alkyl halides is 3. The van der Waals surface area contributed by atoms with Crippen LogP contribution < -0.4 is 20.2 Å². The van der Waals surface area contributed by atoms with E-state index in [1.165, 1.54) is 35.6 Å². The van der Waals surface area contributed by atoms with E-state index in [-0.39, 0.29) is 22.5 Å². The van der Waals surface area contributed by atoms with Crippen molar-refractivity contribution >= 4 is 33.2 Å². The summed E-state index contributed by atoms with van der Waals surface area (Å²) >= 11 is 1.35. The second-order valence-electron chi connectivity index (χ2n) is 8.67. The highest BCUT2D eigenvalue weighted by Gasteiger charge is 2.40. The first-order valence-electron chi connectivity index (χ1n) is 11.5. The minimum absolute atomic E-state index is 0.0189. The highest BCUT2D eigenvalue weighted by molar-refractivity contribution is 7.16. The number of benzene rings is 2. The Hall–Kier alpha value is -4.30. The van der Waals surface area contributed by atoms with Crippen LogP contribution in [0.25, 0.3) is 11.0 Å². The minimum atomic E-state index is -5.01. The molecule has 38 heavy (non-hydrogen) atoms. The van der Waals surface area contributed by atoms with Crippen LogP contribution in [-0.2, 0) is 23.8 Å². The molecule has 0 fully saturated rings. The third-order valence-corrected chi connectivity index (χ3v) is 7.15. The van der Waals surface area contributed by atoms with Gasteiger partial charge < -0.3 is 19.2 Å². The molecule has 0 spiro atoms. The lowest BCUT2D eigenvalue weighted by molar-refractivity contribution is -0.154. The smallest absolute Gasteiger partial charge is 0.453 e. The first-order chi connectivity index (χ1) is 18.1. The van der Waals surface area contributed by atoms with Crippen molar-refractivity contribution in [2.75, 3.05) is 11.9 Å². The van der Waals surface area contributed by atoms with Gasteiger partial charge in [0.05, 0.1) is 10.9 Å². The maximum Gasteiger partial charge on any atom is 0.453 e. The van der Waals surface area contributed by atoms with Crippen molar-refractivity contribution in [1.82, 2.24) is 0 Å². The number of thiophene rings is 1. The van der Waals surface area contributed by atoms with Crippen LogP contribution in [0.2, 0.25) is 0 Å². The fourth-order valence-corrected chi connectivity index (χ4v) is 5.50. The fraction of sp³-hybridized carbons (Fsp3) is 0.222. The van der Waals surface area contributed by atoms with Gasteiger partial charge in [-0.25, -0.2) is 0 Å². The van der Waals surface area contributed by atoms with Crippen molar-refractivity contribution in [2.24, 2.45) is 0 Å². The number of hydrogen-bond donors (Lipinski definition) is 1. The second kappa shape index (κ2) is 9.87. The molecule has 2 aromatic carbocycles. The molecule has 1 aliphatic rings. The number of nitrogens with one attached hydrogen (secondary N) is 1. The van der Waals surface area contributed by atoms with Crippen molar-refractivity contribution in [1.29, 1.82) is 5.26 Å². The number of anilines is 1. The van der Waals surface area contributed by atoms with Gasteiger partial charge in [-0.1, -0.05) is 12.1 Å². The van der Waals surface area contributed by atoms with E-state index in [2.05, 4.69) is 11.4 Å². The number of ether oxygens (including phenoxy) is 2. The van der Waals surface area contributed by atoms with E-state index < -0.39 is 35.6 Å². The van der Waals surface area contributed by atoms with Crippen LogP contribution in [0, 0.1) is 18.3 Å². The molecule has 0 radical (unpaired) electrons. The van der Waals surface area contributed by atoms with Crippen molar-refractivity contribution in [2.45, 2.75) is 32.4 Å². The zero-order chi connectivity index (χ0) is 27.0. The molecule has 7 nitrogen and oxygen atoms in total. The zero-order valence-corrected chi connectivity index (χ0v) is 20.7. The van der Waals surface area contributed by atoms with Gasteiger partial charge in [-0.3, -0.25) is 9.59 Å². The summed E-state index contributed by atoms with van der Waals surface area (Å²) in [5.74, 6) is -3.02. The largest absolute Gasteiger partial charge is 0.484 e. The van der Waals surface area contributed by atoms with Crippen molar-refractivity contribution in [3.63, 3.8) is 0 Å². The lowest BCUT2D eigenvalue weighted by Crippen LogP contribution is -2.20. The van der Waals surface area contributed by atoms with Crippen molar-refractivity contribution < 1.29 is 31.9 Å². The average Bonchev–Trinajstić information content (AvgIpc) is 3.44. The fourth-order valence-electron chi connectivity index (χ4n) is 4.24. The number of fused-ring (bicyclic) bond motifs is 2. The third-order valence-electron chi connectivity index (χ3n) is 5.95. The SMILES string of the molecule is Cc1cccc(Oc2c(C(F)(F)F)oc3cc(OCC(=O)Nc4sc5c(c4C#N)CCC5)ccc3c2=O)c1. The zero-order valence-electron chi connectivity index (χ0n) is 19.9. The number of carbonyl (C=O) groups is 1. The van der Waals surface area contributed by atoms with Gasteiger partial charge in [0.1, 0.15) is 28.2 Å². The van der Waals surface area contributed by atoms with E-state index in [1.807, 2.05) is 0 Å². The first kappa shape index (κ1) is 25.4. The third kappa shape index (κ3) is 4.95. The Morgan fingerprint density at radius 2 is 2.00 bits per heavy atom. The maximum absolute atomic E-state index is 13.8. The van der Waals surface area contributed by atoms with E-state index in [0.29, 0.717) is 10.6 Å². The number of aryl methyl sites for hydroxylation is 2. The molecule has 2 aromatic heterocycles. The van der Waals surface area contributed by atoms with Crippen molar-refractivity contribution in [3.8, 4) is 23.3 Å². The van der Waals surface area contributed by atoms with Crippen LogP contribution in [0.5, 0.6) is 17.2 Å². The average molecular weight is 541 g/mol. The lowest BCUT2D eigenvalue weighted by Gasteiger charge is -2.14. The van der Waals surface area contributed by atoms with Crippen LogP contribution in [-0.4, -0.2) is 12.5 Å². The molecule has 0 aliphatic heterocycles. The predicted molar refractivity (Wildman–Crippen MR) is 134 cm³/mol. The quantitative estimate of drug-likeness (QED) is 0.306. The predicted octanol–water partition coefficient (Wildman–Crippen LogP) is 6.35. The summed E-state index contributed by atoms with van der Waals surface area (Å²) in [5.41, 5.74) is 0.771. The molecule has 0 bridgehead atoms. The number of halogens is 3. The molecule has 4 aromatic rings. The number of nitriles is 1. The Labute approximate surface area is 218 Å². The van der Waals surface area contributed by atoms with Gasteiger partial charge in [0, 0.05) is 10.9 Å². The van der Waals surface area contributed by atoms with E-state index in [1.54, 1.807) is 19.1 Å². The van der Waals surface area contributed by atoms with Gasteiger partial charge in [-0.05, 0) is 61.6 Å². The van der Waals surface area contributed by atoms with Crippen LogP contribution >= 0.6 is 11.3 Å². The minimum Gasteiger partial charge on any atom is -0.484 e. The van der Waals surface area contributed by atoms with Gasteiger partial charge in [0.2, 0.25) is 11.2 Å². The molecule has 0 atom stereocenters. The van der Waals surface area contributed by atoms with Crippen LogP contribution in [0.15, 0.2) is 51.7 Å². The van der Waals surface area contributed by atoms with Gasteiger partial charge in [0.25, 0.3) is 11.7 Å². The standard InChI is InChI=1S/C27H19F3N2O5S/c1-14-4-2-5-16(10-14)36-24-23(34)18-9-8-15(11-20(18)37-25(24)27(28,29)30)35-13-22(33)32-26-19(12-31)17-6-3-7-21(17)38-26/h2,4-5,8-11H,3,6-7,13H2,1H3,(H,32,33). The Kier molecular flexibility index (Phi) is 6.59. The number of hydrogen-bond acceptors (Lipinski definition) is 7. The number of amides is 1. The van der Waals surface area contributed by atoms with Gasteiger partial charge in [0.15, 0.2) is 6.61 Å². The van der Waals surface area contributed by atoms with Crippen molar-refractivity contribution in [3.05, 3.63) is 80.0 Å². The molecule has 194 valence electrons. The highest BCUT2D eigenvalue weighted by atomic mass is 32.1. The monoisotopic (exact) mass is 540 g/mol. The Balaban J connectivity index is 1.38. The van der Waals surface area contributed by atoms with Crippen LogP contribution in [0.1, 0.15) is 33.7 Å². The van der Waals surface area contributed by atoms with E-state index in [9.17, 15) is 28.0 Å². The highest BCUT2D eigenvalue weighted by Crippen LogP contribution is 2.40. The summed E-state index contributed by atoms with van der Waals surface area (Å²) < 4.78 is 57.3. The topological polar surface area (TPSA) is 102 Å². The molecule has 2 heterocycles. The normalized spacial score (nSPS) is 12.7. The molecular weight excluding hydrogens is 521 g/mol. The summed E-state index contributed by atoms with van der Waals surface area (Å²) in [7, 11) is 0. The molecule has 1 N–H and O–H groups in total.